The molecule has 0 saturated carbocycles. The Bertz CT molecular complexity index is 1390. The van der Waals surface area contributed by atoms with Gasteiger partial charge in [0.2, 0.25) is 0 Å². The van der Waals surface area contributed by atoms with Gasteiger partial charge in [-0.05, 0) is 82.6 Å². The summed E-state index contributed by atoms with van der Waals surface area (Å²) in [6.07, 6.45) is -2.90. The highest BCUT2D eigenvalue weighted by molar-refractivity contribution is 14.1. The molecule has 4 rings (SSSR count). The van der Waals surface area contributed by atoms with Gasteiger partial charge < -0.3 is 10.6 Å². The maximum absolute atomic E-state index is 13.9. The standard InChI is InChI=1S/C28H22F4IN3O/c1-18-10-11-20(14-24(18)28(30,31)32)27(16-19-6-3-2-4-7-19,25-13-12-22(33)17-34-25)36-26(37)35-23-9-5-8-21(29)15-23/h2-15,17H,16H2,1H3,(H2,35,36,37)/t27-/m1/s1. The van der Waals surface area contributed by atoms with Crippen LogP contribution < -0.4 is 10.6 Å². The normalized spacial score (nSPS) is 13.0. The molecular formula is C28H22F4IN3O. The number of urea groups is 1. The molecule has 0 spiro atoms. The van der Waals surface area contributed by atoms with E-state index in [1.807, 2.05) is 30.3 Å². The van der Waals surface area contributed by atoms with E-state index in [1.54, 1.807) is 24.4 Å². The van der Waals surface area contributed by atoms with Crippen molar-refractivity contribution < 1.29 is 22.4 Å². The molecule has 2 N–H and O–H groups in total. The van der Waals surface area contributed by atoms with Crippen molar-refractivity contribution >= 4 is 34.3 Å². The van der Waals surface area contributed by atoms with Crippen LogP contribution in [0.4, 0.5) is 28.0 Å². The summed E-state index contributed by atoms with van der Waals surface area (Å²) in [5, 5.41) is 5.48. The molecule has 1 aromatic heterocycles. The second kappa shape index (κ2) is 10.9. The summed E-state index contributed by atoms with van der Waals surface area (Å²) < 4.78 is 56.3. The van der Waals surface area contributed by atoms with E-state index in [4.69, 9.17) is 0 Å². The van der Waals surface area contributed by atoms with Gasteiger partial charge in [0.05, 0.1) is 11.3 Å². The van der Waals surface area contributed by atoms with E-state index in [0.29, 0.717) is 5.69 Å². The topological polar surface area (TPSA) is 54.0 Å². The van der Waals surface area contributed by atoms with Crippen LogP contribution in [0.1, 0.15) is 27.9 Å². The number of halogens is 5. The largest absolute Gasteiger partial charge is 0.416 e. The predicted octanol–water partition coefficient (Wildman–Crippen LogP) is 7.46. The third-order valence-corrected chi connectivity index (χ3v) is 6.56. The number of hydrogen-bond donors (Lipinski definition) is 2. The minimum atomic E-state index is -4.60. The zero-order valence-electron chi connectivity index (χ0n) is 19.6. The number of carbonyl (C=O) groups is 1. The Kier molecular flexibility index (Phi) is 7.82. The van der Waals surface area contributed by atoms with Gasteiger partial charge in [0.1, 0.15) is 11.4 Å². The molecule has 0 aliphatic heterocycles. The highest BCUT2D eigenvalue weighted by Gasteiger charge is 2.41. The second-order valence-corrected chi connectivity index (χ2v) is 9.79. The number of aromatic nitrogens is 1. The average Bonchev–Trinajstić information content (AvgIpc) is 2.84. The van der Waals surface area contributed by atoms with Gasteiger partial charge >= 0.3 is 12.2 Å². The summed E-state index contributed by atoms with van der Waals surface area (Å²) in [4.78, 5) is 17.8. The molecule has 1 atom stereocenters. The first-order valence-electron chi connectivity index (χ1n) is 11.3. The summed E-state index contributed by atoms with van der Waals surface area (Å²) in [7, 11) is 0. The molecule has 0 aliphatic carbocycles. The number of nitrogens with one attached hydrogen (secondary N) is 2. The van der Waals surface area contributed by atoms with Crippen LogP contribution in [0.25, 0.3) is 0 Å². The van der Waals surface area contributed by atoms with E-state index < -0.39 is 29.1 Å². The van der Waals surface area contributed by atoms with Gasteiger partial charge in [-0.25, -0.2) is 9.18 Å². The van der Waals surface area contributed by atoms with Crippen molar-refractivity contribution in [3.8, 4) is 0 Å². The van der Waals surface area contributed by atoms with Crippen molar-refractivity contribution in [2.24, 2.45) is 0 Å². The van der Waals surface area contributed by atoms with E-state index in [9.17, 15) is 22.4 Å². The fraction of sp³-hybridized carbons (Fsp3) is 0.143. The van der Waals surface area contributed by atoms with Crippen LogP contribution in [0.2, 0.25) is 0 Å². The van der Waals surface area contributed by atoms with Gasteiger partial charge in [-0.15, -0.1) is 0 Å². The Balaban J connectivity index is 1.90. The first-order chi connectivity index (χ1) is 17.6. The summed E-state index contributed by atoms with van der Waals surface area (Å²) >= 11 is 2.08. The molecule has 3 aromatic carbocycles. The molecule has 4 nitrogen and oxygen atoms in total. The first-order valence-corrected chi connectivity index (χ1v) is 12.3. The van der Waals surface area contributed by atoms with Gasteiger partial charge in [0, 0.05) is 21.9 Å². The first kappa shape index (κ1) is 26.6. The van der Waals surface area contributed by atoms with E-state index >= 15 is 0 Å². The molecule has 0 bridgehead atoms. The van der Waals surface area contributed by atoms with Crippen LogP contribution in [0.15, 0.2) is 91.1 Å². The molecule has 37 heavy (non-hydrogen) atoms. The quantitative estimate of drug-likeness (QED) is 0.174. The number of carbonyl (C=O) groups excluding carboxylic acids is 1. The number of aryl methyl sites for hydroxylation is 1. The lowest BCUT2D eigenvalue weighted by Gasteiger charge is -2.36. The minimum absolute atomic E-state index is 0.0599. The zero-order chi connectivity index (χ0) is 26.6. The lowest BCUT2D eigenvalue weighted by atomic mass is 9.79. The molecule has 1 heterocycles. The number of alkyl halides is 3. The van der Waals surface area contributed by atoms with Crippen LogP contribution in [-0.2, 0) is 18.1 Å². The predicted molar refractivity (Wildman–Crippen MR) is 143 cm³/mol. The smallest absolute Gasteiger partial charge is 0.322 e. The van der Waals surface area contributed by atoms with Gasteiger partial charge in [-0.2, -0.15) is 13.2 Å². The highest BCUT2D eigenvalue weighted by Crippen LogP contribution is 2.38. The fourth-order valence-electron chi connectivity index (χ4n) is 4.17. The number of hydrogen-bond acceptors (Lipinski definition) is 2. The van der Waals surface area contributed by atoms with Crippen molar-refractivity contribution in [1.82, 2.24) is 10.3 Å². The van der Waals surface area contributed by atoms with Crippen LogP contribution in [-0.4, -0.2) is 11.0 Å². The fourth-order valence-corrected chi connectivity index (χ4v) is 4.49. The van der Waals surface area contributed by atoms with Gasteiger partial charge in [0.15, 0.2) is 0 Å². The number of nitrogens with zero attached hydrogens (tertiary/aromatic N) is 1. The molecule has 0 aliphatic rings. The molecule has 0 unspecified atom stereocenters. The summed E-state index contributed by atoms with van der Waals surface area (Å²) in [5.74, 6) is -0.541. The molecule has 0 radical (unpaired) electrons. The second-order valence-electron chi connectivity index (χ2n) is 8.55. The number of pyridine rings is 1. The van der Waals surface area contributed by atoms with Crippen molar-refractivity contribution in [2.75, 3.05) is 5.32 Å². The van der Waals surface area contributed by atoms with Crippen molar-refractivity contribution in [3.05, 3.63) is 128 Å². The lowest BCUT2D eigenvalue weighted by Crippen LogP contribution is -2.50. The molecule has 0 fully saturated rings. The summed E-state index contributed by atoms with van der Waals surface area (Å²) in [6, 6.07) is 21.2. The third kappa shape index (κ3) is 6.27. The van der Waals surface area contributed by atoms with Crippen LogP contribution in [0.5, 0.6) is 0 Å². The van der Waals surface area contributed by atoms with Crippen LogP contribution >= 0.6 is 22.6 Å². The number of rotatable bonds is 6. The highest BCUT2D eigenvalue weighted by atomic mass is 127. The minimum Gasteiger partial charge on any atom is -0.322 e. The molecule has 9 heteroatoms. The van der Waals surface area contributed by atoms with Gasteiger partial charge in [0.25, 0.3) is 0 Å². The van der Waals surface area contributed by atoms with Crippen LogP contribution in [0.3, 0.4) is 0 Å². The molecular weight excluding hydrogens is 597 g/mol. The Morgan fingerprint density at radius 1 is 0.946 bits per heavy atom. The Morgan fingerprint density at radius 2 is 1.70 bits per heavy atom. The van der Waals surface area contributed by atoms with E-state index in [-0.39, 0.29) is 23.2 Å². The zero-order valence-corrected chi connectivity index (χ0v) is 21.8. The average molecular weight is 619 g/mol. The maximum Gasteiger partial charge on any atom is 0.416 e. The van der Waals surface area contributed by atoms with Crippen molar-refractivity contribution in [2.45, 2.75) is 25.1 Å². The molecule has 4 aromatic rings. The van der Waals surface area contributed by atoms with E-state index in [2.05, 4.69) is 38.2 Å². The Hall–Kier alpha value is -3.47. The molecule has 190 valence electrons. The number of benzene rings is 3. The Morgan fingerprint density at radius 3 is 2.35 bits per heavy atom. The third-order valence-electron chi connectivity index (χ3n) is 5.92. The van der Waals surface area contributed by atoms with Crippen LogP contribution in [0, 0.1) is 16.3 Å². The molecule has 0 saturated heterocycles. The van der Waals surface area contributed by atoms with Crippen molar-refractivity contribution in [1.29, 1.82) is 0 Å². The summed E-state index contributed by atoms with van der Waals surface area (Å²) in [6.45, 7) is 1.39. The van der Waals surface area contributed by atoms with Gasteiger partial charge in [-0.1, -0.05) is 48.5 Å². The Labute approximate surface area is 225 Å². The summed E-state index contributed by atoms with van der Waals surface area (Å²) in [5.41, 5.74) is -0.716. The monoisotopic (exact) mass is 619 g/mol. The van der Waals surface area contributed by atoms with E-state index in [1.165, 1.54) is 31.2 Å². The maximum atomic E-state index is 13.9. The molecule has 2 amide bonds. The number of anilines is 1. The lowest BCUT2D eigenvalue weighted by molar-refractivity contribution is -0.138. The SMILES string of the molecule is Cc1ccc([C@@](Cc2ccccc2)(NC(=O)Nc2cccc(F)c2)c2ccc(I)cn2)cc1C(F)(F)F. The van der Waals surface area contributed by atoms with Gasteiger partial charge in [-0.3, -0.25) is 4.98 Å². The van der Waals surface area contributed by atoms with Crippen molar-refractivity contribution in [3.63, 3.8) is 0 Å². The number of amides is 2. The van der Waals surface area contributed by atoms with E-state index in [0.717, 1.165) is 21.3 Å².